The lowest BCUT2D eigenvalue weighted by Gasteiger charge is -2.16. The average Bonchev–Trinajstić information content (AvgIpc) is 2.45. The molecule has 0 aromatic carbocycles. The Bertz CT molecular complexity index is 301. The Kier molecular flexibility index (Phi) is 13.1. The topological polar surface area (TPSA) is 37.3 Å². The monoisotopic (exact) mass is 318 g/mol. The van der Waals surface area contributed by atoms with Crippen LogP contribution in [0.25, 0.3) is 0 Å². The molecule has 0 rings (SSSR count). The van der Waals surface area contributed by atoms with Crippen molar-refractivity contribution in [3.63, 3.8) is 0 Å². The number of carboxylic acids is 1. The van der Waals surface area contributed by atoms with E-state index in [0.717, 1.165) is 51.4 Å². The van der Waals surface area contributed by atoms with Crippen molar-refractivity contribution in [3.05, 3.63) is 12.2 Å². The standard InChI is InChI=1S/C18H32F2O2/c1-2-3-4-9-12-15-18(19,20)16-13-10-7-5-6-8-11-14-17(21)22/h8,11H,2-7,9-10,12-16H2,1H3,(H,21,22). The molecule has 0 aliphatic carbocycles. The number of aliphatic carboxylic acids is 1. The van der Waals surface area contributed by atoms with E-state index >= 15 is 0 Å². The summed E-state index contributed by atoms with van der Waals surface area (Å²) in [6.07, 6.45) is 12.7. The van der Waals surface area contributed by atoms with Crippen LogP contribution in [0.15, 0.2) is 12.2 Å². The van der Waals surface area contributed by atoms with Crippen molar-refractivity contribution in [2.24, 2.45) is 0 Å². The number of carboxylic acid groups (broad SMARTS) is 1. The number of carbonyl (C=O) groups is 1. The first-order valence-electron chi connectivity index (χ1n) is 8.72. The third-order valence-electron chi connectivity index (χ3n) is 3.77. The van der Waals surface area contributed by atoms with E-state index in [1.165, 1.54) is 0 Å². The van der Waals surface area contributed by atoms with Crippen LogP contribution in [-0.2, 0) is 4.79 Å². The van der Waals surface area contributed by atoms with Gasteiger partial charge < -0.3 is 5.11 Å². The second kappa shape index (κ2) is 13.7. The Hall–Kier alpha value is -0.930. The molecule has 0 saturated heterocycles. The van der Waals surface area contributed by atoms with Crippen molar-refractivity contribution in [2.45, 2.75) is 96.3 Å². The van der Waals surface area contributed by atoms with Gasteiger partial charge in [0.25, 0.3) is 0 Å². The molecule has 0 aliphatic heterocycles. The SMILES string of the molecule is CCCCCCCC(F)(F)CCCCCCC=CCC(=O)O. The molecule has 1 N–H and O–H groups in total. The lowest BCUT2D eigenvalue weighted by Crippen LogP contribution is -2.15. The number of halogens is 2. The Morgan fingerprint density at radius 2 is 1.45 bits per heavy atom. The smallest absolute Gasteiger partial charge is 0.307 e. The summed E-state index contributed by atoms with van der Waals surface area (Å²) in [5.41, 5.74) is 0. The zero-order valence-electron chi connectivity index (χ0n) is 14.0. The Morgan fingerprint density at radius 1 is 0.909 bits per heavy atom. The van der Waals surface area contributed by atoms with Crippen LogP contribution in [0.4, 0.5) is 8.78 Å². The van der Waals surface area contributed by atoms with Crippen LogP contribution in [0.1, 0.15) is 90.4 Å². The highest BCUT2D eigenvalue weighted by atomic mass is 19.3. The van der Waals surface area contributed by atoms with Gasteiger partial charge in [0.2, 0.25) is 5.92 Å². The van der Waals surface area contributed by atoms with Gasteiger partial charge in [0, 0.05) is 12.8 Å². The predicted molar refractivity (Wildman–Crippen MR) is 87.4 cm³/mol. The molecule has 4 heteroatoms. The normalized spacial score (nSPS) is 12.1. The molecule has 130 valence electrons. The summed E-state index contributed by atoms with van der Waals surface area (Å²) in [5.74, 6) is -3.32. The van der Waals surface area contributed by atoms with Gasteiger partial charge in [0.15, 0.2) is 0 Å². The number of hydrogen-bond donors (Lipinski definition) is 1. The van der Waals surface area contributed by atoms with Crippen LogP contribution >= 0.6 is 0 Å². The fourth-order valence-electron chi connectivity index (χ4n) is 2.41. The van der Waals surface area contributed by atoms with E-state index in [9.17, 15) is 13.6 Å². The third-order valence-corrected chi connectivity index (χ3v) is 3.77. The van der Waals surface area contributed by atoms with Gasteiger partial charge in [-0.2, -0.15) is 0 Å². The van der Waals surface area contributed by atoms with Gasteiger partial charge in [-0.25, -0.2) is 8.78 Å². The Labute approximate surface area is 134 Å². The zero-order valence-corrected chi connectivity index (χ0v) is 14.0. The van der Waals surface area contributed by atoms with Crippen LogP contribution in [0.5, 0.6) is 0 Å². The largest absolute Gasteiger partial charge is 0.481 e. The van der Waals surface area contributed by atoms with Crippen molar-refractivity contribution in [1.29, 1.82) is 0 Å². The summed E-state index contributed by atoms with van der Waals surface area (Å²) in [4.78, 5) is 10.3. The van der Waals surface area contributed by atoms with Crippen LogP contribution in [0.3, 0.4) is 0 Å². The highest BCUT2D eigenvalue weighted by molar-refractivity contribution is 5.68. The molecule has 0 atom stereocenters. The highest BCUT2D eigenvalue weighted by Crippen LogP contribution is 2.28. The molecule has 0 bridgehead atoms. The number of allylic oxidation sites excluding steroid dienone is 1. The number of rotatable bonds is 15. The van der Waals surface area contributed by atoms with Gasteiger partial charge in [-0.3, -0.25) is 4.79 Å². The molecule has 0 heterocycles. The van der Waals surface area contributed by atoms with Crippen LogP contribution in [0.2, 0.25) is 0 Å². The fraction of sp³-hybridized carbons (Fsp3) is 0.833. The lowest BCUT2D eigenvalue weighted by atomic mass is 10.0. The maximum atomic E-state index is 13.6. The Morgan fingerprint density at radius 3 is 2.00 bits per heavy atom. The summed E-state index contributed by atoms with van der Waals surface area (Å²) >= 11 is 0. The van der Waals surface area contributed by atoms with Gasteiger partial charge in [-0.15, -0.1) is 0 Å². The van der Waals surface area contributed by atoms with E-state index < -0.39 is 11.9 Å². The van der Waals surface area contributed by atoms with E-state index in [4.69, 9.17) is 5.11 Å². The zero-order chi connectivity index (χ0) is 16.7. The first-order valence-corrected chi connectivity index (χ1v) is 8.72. The van der Waals surface area contributed by atoms with E-state index in [-0.39, 0.29) is 19.3 Å². The number of alkyl halides is 2. The number of unbranched alkanes of at least 4 members (excludes halogenated alkanes) is 8. The molecule has 0 aliphatic rings. The first-order chi connectivity index (χ1) is 10.5. The van der Waals surface area contributed by atoms with E-state index in [1.807, 2.05) is 6.08 Å². The minimum absolute atomic E-state index is 0.00955. The highest BCUT2D eigenvalue weighted by Gasteiger charge is 2.26. The Balaban J connectivity index is 3.44. The van der Waals surface area contributed by atoms with Crippen molar-refractivity contribution in [1.82, 2.24) is 0 Å². The third kappa shape index (κ3) is 15.5. The van der Waals surface area contributed by atoms with Crippen LogP contribution in [0, 0.1) is 0 Å². The summed E-state index contributed by atoms with van der Waals surface area (Å²) < 4.78 is 27.2. The first kappa shape index (κ1) is 21.1. The van der Waals surface area contributed by atoms with Crippen molar-refractivity contribution in [2.75, 3.05) is 0 Å². The molecule has 2 nitrogen and oxygen atoms in total. The predicted octanol–water partition coefficient (Wildman–Crippen LogP) is 6.35. The molecule has 22 heavy (non-hydrogen) atoms. The molecule has 0 radical (unpaired) electrons. The molecule has 0 aromatic heterocycles. The van der Waals surface area contributed by atoms with Gasteiger partial charge >= 0.3 is 5.97 Å². The summed E-state index contributed by atoms with van der Waals surface area (Å²) in [7, 11) is 0. The van der Waals surface area contributed by atoms with E-state index in [1.54, 1.807) is 6.08 Å². The molecular weight excluding hydrogens is 286 g/mol. The molecule has 0 aromatic rings. The second-order valence-electron chi connectivity index (χ2n) is 6.04. The molecule has 0 spiro atoms. The minimum Gasteiger partial charge on any atom is -0.481 e. The van der Waals surface area contributed by atoms with E-state index in [0.29, 0.717) is 12.8 Å². The molecule has 0 amide bonds. The summed E-state index contributed by atoms with van der Waals surface area (Å²) in [5, 5.41) is 8.44. The molecule has 0 saturated carbocycles. The van der Waals surface area contributed by atoms with Crippen molar-refractivity contribution in [3.8, 4) is 0 Å². The van der Waals surface area contributed by atoms with Gasteiger partial charge in [0.1, 0.15) is 0 Å². The molecule has 0 unspecified atom stereocenters. The quantitative estimate of drug-likeness (QED) is 0.282. The lowest BCUT2D eigenvalue weighted by molar-refractivity contribution is -0.136. The number of hydrogen-bond acceptors (Lipinski definition) is 1. The van der Waals surface area contributed by atoms with Gasteiger partial charge in [-0.05, 0) is 25.7 Å². The van der Waals surface area contributed by atoms with Crippen molar-refractivity contribution >= 4 is 5.97 Å². The van der Waals surface area contributed by atoms with Gasteiger partial charge in [-0.1, -0.05) is 57.6 Å². The molecule has 0 fully saturated rings. The van der Waals surface area contributed by atoms with E-state index in [2.05, 4.69) is 6.92 Å². The second-order valence-corrected chi connectivity index (χ2v) is 6.04. The van der Waals surface area contributed by atoms with Crippen molar-refractivity contribution < 1.29 is 18.7 Å². The minimum atomic E-state index is -2.49. The fourth-order valence-corrected chi connectivity index (χ4v) is 2.41. The maximum Gasteiger partial charge on any atom is 0.307 e. The van der Waals surface area contributed by atoms with Crippen LogP contribution < -0.4 is 0 Å². The average molecular weight is 318 g/mol. The summed E-state index contributed by atoms with van der Waals surface area (Å²) in [6.45, 7) is 2.12. The molecular formula is C18H32F2O2. The maximum absolute atomic E-state index is 13.6. The van der Waals surface area contributed by atoms with Crippen LogP contribution in [-0.4, -0.2) is 17.0 Å². The summed E-state index contributed by atoms with van der Waals surface area (Å²) in [6, 6.07) is 0. The van der Waals surface area contributed by atoms with Gasteiger partial charge in [0.05, 0.1) is 6.42 Å².